The molecule has 4 aromatic rings. The molecule has 4 rings (SSSR count). The van der Waals surface area contributed by atoms with Gasteiger partial charge >= 0.3 is 6.18 Å². The van der Waals surface area contributed by atoms with E-state index in [0.29, 0.717) is 26.2 Å². The monoisotopic (exact) mass is 579 g/mol. The molecule has 0 aliphatic carbocycles. The Morgan fingerprint density at radius 2 is 1.85 bits per heavy atom. The lowest BCUT2D eigenvalue weighted by molar-refractivity contribution is -0.137. The van der Waals surface area contributed by atoms with Gasteiger partial charge in [0.25, 0.3) is 5.91 Å². The van der Waals surface area contributed by atoms with Crippen LogP contribution < -0.4 is 5.73 Å². The summed E-state index contributed by atoms with van der Waals surface area (Å²) in [5, 5.41) is 0.626. The number of anilines is 1. The number of alkyl halides is 3. The molecule has 0 saturated heterocycles. The molecule has 0 fully saturated rings. The lowest BCUT2D eigenvalue weighted by atomic mass is 10.1. The smallest absolute Gasteiger partial charge is 0.383 e. The Labute approximate surface area is 205 Å². The number of nitrogen functional groups attached to an aromatic ring is 1. The molecule has 4 aromatic heterocycles. The van der Waals surface area contributed by atoms with E-state index in [1.54, 1.807) is 37.5 Å². The Balaban J connectivity index is 1.70. The van der Waals surface area contributed by atoms with Gasteiger partial charge in [0.15, 0.2) is 5.65 Å². The average molecular weight is 579 g/mol. The summed E-state index contributed by atoms with van der Waals surface area (Å²) in [4.78, 5) is 35.8. The van der Waals surface area contributed by atoms with Gasteiger partial charge in [-0.05, 0) is 59.8 Å². The van der Waals surface area contributed by atoms with Crippen molar-refractivity contribution < 1.29 is 18.0 Å². The maximum atomic E-state index is 13.6. The summed E-state index contributed by atoms with van der Waals surface area (Å²) < 4.78 is 39.5. The molecule has 1 unspecified atom stereocenters. The second-order valence-corrected chi connectivity index (χ2v) is 8.54. The number of rotatable bonds is 5. The first-order valence-corrected chi connectivity index (χ1v) is 11.0. The van der Waals surface area contributed by atoms with Crippen molar-refractivity contribution >= 4 is 45.3 Å². The number of pyridine rings is 3. The molecule has 0 spiro atoms. The summed E-state index contributed by atoms with van der Waals surface area (Å²) >= 11 is 2.04. The first-order valence-electron chi connectivity index (χ1n) is 9.95. The average Bonchev–Trinajstić information content (AvgIpc) is 2.82. The van der Waals surface area contributed by atoms with Gasteiger partial charge in [0.05, 0.1) is 33.0 Å². The van der Waals surface area contributed by atoms with Crippen LogP contribution in [0.4, 0.5) is 19.0 Å². The van der Waals surface area contributed by atoms with E-state index in [1.807, 2.05) is 22.6 Å². The molecule has 1 amide bonds. The Morgan fingerprint density at radius 3 is 2.50 bits per heavy atom. The highest BCUT2D eigenvalue weighted by molar-refractivity contribution is 14.1. The van der Waals surface area contributed by atoms with Crippen LogP contribution >= 0.6 is 22.6 Å². The first kappa shape index (κ1) is 23.7. The van der Waals surface area contributed by atoms with Crippen molar-refractivity contribution in [2.45, 2.75) is 25.7 Å². The van der Waals surface area contributed by atoms with Gasteiger partial charge < -0.3 is 10.6 Å². The SMILES string of the molecule is CC(c1ncccn1)N(Cc1ccc(C(F)(F)F)cn1)C(=O)c1cnc2nc(N)c(I)cc2c1. The van der Waals surface area contributed by atoms with Crippen LogP contribution in [0.25, 0.3) is 11.0 Å². The van der Waals surface area contributed by atoms with Gasteiger partial charge in [-0.15, -0.1) is 0 Å². The lowest BCUT2D eigenvalue weighted by Gasteiger charge is -2.28. The third-order valence-electron chi connectivity index (χ3n) is 5.07. The minimum absolute atomic E-state index is 0.0635. The predicted molar refractivity (Wildman–Crippen MR) is 126 cm³/mol. The van der Waals surface area contributed by atoms with Crippen molar-refractivity contribution in [1.29, 1.82) is 0 Å². The van der Waals surface area contributed by atoms with E-state index in [9.17, 15) is 18.0 Å². The van der Waals surface area contributed by atoms with E-state index in [1.165, 1.54) is 17.2 Å². The molecule has 8 nitrogen and oxygen atoms in total. The minimum Gasteiger partial charge on any atom is -0.383 e. The molecule has 12 heteroatoms. The zero-order valence-corrected chi connectivity index (χ0v) is 19.8. The summed E-state index contributed by atoms with van der Waals surface area (Å²) in [5.74, 6) is 0.299. The third kappa shape index (κ3) is 5.05. The Hall–Kier alpha value is -3.42. The molecule has 0 radical (unpaired) electrons. The fourth-order valence-corrected chi connectivity index (χ4v) is 3.70. The van der Waals surface area contributed by atoms with E-state index < -0.39 is 23.7 Å². The minimum atomic E-state index is -4.50. The zero-order valence-electron chi connectivity index (χ0n) is 17.7. The fourth-order valence-electron chi connectivity index (χ4n) is 3.25. The molecule has 4 heterocycles. The highest BCUT2D eigenvalue weighted by atomic mass is 127. The van der Waals surface area contributed by atoms with Crippen molar-refractivity contribution in [3.05, 3.63) is 81.3 Å². The van der Waals surface area contributed by atoms with E-state index in [-0.39, 0.29) is 17.8 Å². The molecule has 0 bridgehead atoms. The van der Waals surface area contributed by atoms with Crippen molar-refractivity contribution in [1.82, 2.24) is 29.8 Å². The van der Waals surface area contributed by atoms with Crippen LogP contribution in [-0.4, -0.2) is 35.7 Å². The highest BCUT2D eigenvalue weighted by Gasteiger charge is 2.31. The molecule has 1 atom stereocenters. The Bertz CT molecular complexity index is 1330. The van der Waals surface area contributed by atoms with Gasteiger partial charge in [-0.3, -0.25) is 9.78 Å². The van der Waals surface area contributed by atoms with Crippen LogP contribution in [0.5, 0.6) is 0 Å². The third-order valence-corrected chi connectivity index (χ3v) is 5.93. The zero-order chi connectivity index (χ0) is 24.5. The fraction of sp³-hybridized carbons (Fsp3) is 0.182. The molecule has 2 N–H and O–H groups in total. The number of nitrogens with zero attached hydrogens (tertiary/aromatic N) is 6. The molecule has 34 heavy (non-hydrogen) atoms. The van der Waals surface area contributed by atoms with E-state index in [4.69, 9.17) is 5.73 Å². The van der Waals surface area contributed by atoms with Crippen LogP contribution in [0.3, 0.4) is 0 Å². The second-order valence-electron chi connectivity index (χ2n) is 7.38. The number of hydrogen-bond acceptors (Lipinski definition) is 7. The molecular weight excluding hydrogens is 562 g/mol. The first-order chi connectivity index (χ1) is 16.1. The normalized spacial score (nSPS) is 12.5. The second kappa shape index (κ2) is 9.44. The molecule has 0 aliphatic heterocycles. The van der Waals surface area contributed by atoms with Gasteiger partial charge in [0.2, 0.25) is 0 Å². The quantitative estimate of drug-likeness (QED) is 0.349. The maximum Gasteiger partial charge on any atom is 0.417 e. The summed E-state index contributed by atoms with van der Waals surface area (Å²) in [6.45, 7) is 1.67. The van der Waals surface area contributed by atoms with Crippen molar-refractivity contribution in [3.63, 3.8) is 0 Å². The largest absolute Gasteiger partial charge is 0.417 e. The topological polar surface area (TPSA) is 111 Å². The van der Waals surface area contributed by atoms with Crippen LogP contribution in [0.1, 0.15) is 40.4 Å². The standard InChI is InChI=1S/C22H17F3IN7O/c1-12(19-28-5-2-6-29-19)33(11-16-4-3-15(10-30-16)22(23,24)25)21(34)14-7-13-8-17(26)18(27)32-20(13)31-9-14/h2-10,12H,11H2,1H3,(H2,27,31,32). The van der Waals surface area contributed by atoms with Gasteiger partial charge in [-0.25, -0.2) is 19.9 Å². The summed E-state index contributed by atoms with van der Waals surface area (Å²) in [7, 11) is 0. The van der Waals surface area contributed by atoms with Crippen molar-refractivity contribution in [2.75, 3.05) is 5.73 Å². The molecule has 0 aliphatic rings. The Kier molecular flexibility index (Phi) is 6.59. The number of hydrogen-bond donors (Lipinski definition) is 1. The highest BCUT2D eigenvalue weighted by Crippen LogP contribution is 2.29. The van der Waals surface area contributed by atoms with Crippen molar-refractivity contribution in [2.24, 2.45) is 0 Å². The van der Waals surface area contributed by atoms with Gasteiger partial charge in [-0.2, -0.15) is 13.2 Å². The van der Waals surface area contributed by atoms with Crippen LogP contribution in [0, 0.1) is 3.57 Å². The van der Waals surface area contributed by atoms with Crippen LogP contribution in [-0.2, 0) is 12.7 Å². The van der Waals surface area contributed by atoms with Gasteiger partial charge in [0, 0.05) is 30.2 Å². The number of nitrogens with two attached hydrogens (primary N) is 1. The van der Waals surface area contributed by atoms with E-state index in [2.05, 4.69) is 24.9 Å². The van der Waals surface area contributed by atoms with E-state index in [0.717, 1.165) is 12.3 Å². The molecule has 0 aromatic carbocycles. The summed E-state index contributed by atoms with van der Waals surface area (Å²) in [6, 6.07) is 6.64. The lowest BCUT2D eigenvalue weighted by Crippen LogP contribution is -2.34. The molecular formula is C22H17F3IN7O. The number of amides is 1. The van der Waals surface area contributed by atoms with Gasteiger partial charge in [0.1, 0.15) is 11.6 Å². The predicted octanol–water partition coefficient (Wildman–Crippen LogP) is 4.42. The van der Waals surface area contributed by atoms with E-state index >= 15 is 0 Å². The van der Waals surface area contributed by atoms with Crippen LogP contribution in [0.15, 0.2) is 55.1 Å². The summed E-state index contributed by atoms with van der Waals surface area (Å²) in [6.07, 6.45) is 0.728. The number of aromatic nitrogens is 5. The maximum absolute atomic E-state index is 13.6. The Morgan fingerprint density at radius 1 is 1.12 bits per heavy atom. The number of fused-ring (bicyclic) bond motifs is 1. The van der Waals surface area contributed by atoms with Crippen LogP contribution in [0.2, 0.25) is 0 Å². The number of halogens is 4. The number of carbonyl (C=O) groups excluding carboxylic acids is 1. The molecule has 174 valence electrons. The summed E-state index contributed by atoms with van der Waals surface area (Å²) in [5.41, 5.74) is 5.91. The molecule has 0 saturated carbocycles. The number of carbonyl (C=O) groups is 1. The van der Waals surface area contributed by atoms with Gasteiger partial charge in [-0.1, -0.05) is 0 Å². The van der Waals surface area contributed by atoms with Crippen molar-refractivity contribution in [3.8, 4) is 0 Å².